The van der Waals surface area contributed by atoms with Crippen molar-refractivity contribution in [3.63, 3.8) is 0 Å². The van der Waals surface area contributed by atoms with Crippen LogP contribution in [0.2, 0.25) is 0 Å². The van der Waals surface area contributed by atoms with Gasteiger partial charge in [-0.2, -0.15) is 13.2 Å². The topological polar surface area (TPSA) is 77.9 Å². The third-order valence-electron chi connectivity index (χ3n) is 6.80. The van der Waals surface area contributed by atoms with E-state index in [1.54, 1.807) is 5.38 Å². The highest BCUT2D eigenvalue weighted by Crippen LogP contribution is 2.37. The van der Waals surface area contributed by atoms with Gasteiger partial charge in [0.15, 0.2) is 0 Å². The molecule has 0 bridgehead atoms. The minimum absolute atomic E-state index is 0.153. The Labute approximate surface area is 213 Å². The number of anilines is 2. The Morgan fingerprint density at radius 3 is 2.64 bits per heavy atom. The molecule has 1 aromatic carbocycles. The lowest BCUT2D eigenvalue weighted by Crippen LogP contribution is -2.41. The lowest BCUT2D eigenvalue weighted by Gasteiger charge is -2.34. The Hall–Kier alpha value is -2.21. The van der Waals surface area contributed by atoms with Crippen molar-refractivity contribution in [2.45, 2.75) is 57.3 Å². The Bertz CT molecular complexity index is 1020. The summed E-state index contributed by atoms with van der Waals surface area (Å²) in [5.41, 5.74) is 0.161. The lowest BCUT2D eigenvalue weighted by atomic mass is 9.97. The first-order chi connectivity index (χ1) is 17.3. The lowest BCUT2D eigenvalue weighted by molar-refractivity contribution is -0.137. The SMILES string of the molecule is CCOCCC(O)N1CCC(c2nc(C(=O)Nc3cc(C(F)(F)F)ccc3N3CCCC3)cs2)CC1. The van der Waals surface area contributed by atoms with Gasteiger partial charge in [0.25, 0.3) is 5.91 Å². The van der Waals surface area contributed by atoms with Gasteiger partial charge in [0.05, 0.1) is 28.6 Å². The number of ether oxygens (including phenoxy) is 1. The summed E-state index contributed by atoms with van der Waals surface area (Å²) in [6.45, 7) is 6.01. The van der Waals surface area contributed by atoms with Crippen molar-refractivity contribution in [1.29, 1.82) is 0 Å². The van der Waals surface area contributed by atoms with Crippen LogP contribution >= 0.6 is 11.3 Å². The molecule has 0 radical (unpaired) electrons. The predicted octanol–water partition coefficient (Wildman–Crippen LogP) is 4.94. The molecule has 1 unspecified atom stereocenters. The molecule has 1 amide bonds. The fourth-order valence-electron chi connectivity index (χ4n) is 4.77. The van der Waals surface area contributed by atoms with E-state index in [0.717, 1.165) is 69.0 Å². The first-order valence-corrected chi connectivity index (χ1v) is 13.4. The normalized spacial score (nSPS) is 18.5. The van der Waals surface area contributed by atoms with Crippen molar-refractivity contribution >= 4 is 28.6 Å². The second-order valence-corrected chi connectivity index (χ2v) is 10.1. The number of likely N-dealkylation sites (tertiary alicyclic amines) is 1. The highest BCUT2D eigenvalue weighted by molar-refractivity contribution is 7.10. The van der Waals surface area contributed by atoms with Crippen LogP contribution in [0.15, 0.2) is 23.6 Å². The number of hydrogen-bond donors (Lipinski definition) is 2. The quantitative estimate of drug-likeness (QED) is 0.451. The molecular weight excluding hydrogens is 493 g/mol. The molecule has 2 N–H and O–H groups in total. The summed E-state index contributed by atoms with van der Waals surface area (Å²) < 4.78 is 45.3. The first kappa shape index (κ1) is 26.8. The van der Waals surface area contributed by atoms with Crippen molar-refractivity contribution in [3.05, 3.63) is 39.8 Å². The van der Waals surface area contributed by atoms with E-state index >= 15 is 0 Å². The smallest absolute Gasteiger partial charge is 0.382 e. The minimum Gasteiger partial charge on any atom is -0.382 e. The maximum Gasteiger partial charge on any atom is 0.416 e. The third kappa shape index (κ3) is 6.56. The Morgan fingerprint density at radius 2 is 1.97 bits per heavy atom. The summed E-state index contributed by atoms with van der Waals surface area (Å²) in [4.78, 5) is 21.5. The van der Waals surface area contributed by atoms with E-state index < -0.39 is 23.9 Å². The highest BCUT2D eigenvalue weighted by Gasteiger charge is 2.32. The van der Waals surface area contributed by atoms with Gasteiger partial charge in [-0.25, -0.2) is 4.98 Å². The van der Waals surface area contributed by atoms with E-state index in [1.165, 1.54) is 17.4 Å². The number of nitrogens with zero attached hydrogens (tertiary/aromatic N) is 3. The van der Waals surface area contributed by atoms with Crippen LogP contribution in [0.4, 0.5) is 24.5 Å². The number of thiazole rings is 1. The van der Waals surface area contributed by atoms with Crippen LogP contribution in [0.3, 0.4) is 0 Å². The number of rotatable bonds is 9. The Balaban J connectivity index is 1.40. The van der Waals surface area contributed by atoms with Gasteiger partial charge in [0.1, 0.15) is 11.9 Å². The standard InChI is InChI=1S/C25H33F3N4O3S/c1-2-35-14-9-22(33)32-12-7-17(8-13-32)24-30-20(16-36-24)23(34)29-19-15-18(25(26,27)28)5-6-21(19)31-10-3-4-11-31/h5-6,15-17,22,33H,2-4,7-14H2,1H3,(H,29,34). The van der Waals surface area contributed by atoms with Crippen LogP contribution < -0.4 is 10.2 Å². The molecule has 2 saturated heterocycles. The number of alkyl halides is 3. The van der Waals surface area contributed by atoms with Crippen LogP contribution in [0.25, 0.3) is 0 Å². The molecule has 0 saturated carbocycles. The fourth-order valence-corrected chi connectivity index (χ4v) is 5.74. The zero-order valence-electron chi connectivity index (χ0n) is 20.4. The van der Waals surface area contributed by atoms with E-state index in [-0.39, 0.29) is 17.3 Å². The number of halogens is 3. The number of aliphatic hydroxyl groups excluding tert-OH is 1. The number of benzene rings is 1. The Morgan fingerprint density at radius 1 is 1.25 bits per heavy atom. The second-order valence-electron chi connectivity index (χ2n) is 9.23. The highest BCUT2D eigenvalue weighted by atomic mass is 32.1. The van der Waals surface area contributed by atoms with E-state index in [9.17, 15) is 23.1 Å². The van der Waals surface area contributed by atoms with Crippen molar-refractivity contribution in [1.82, 2.24) is 9.88 Å². The van der Waals surface area contributed by atoms with Crippen molar-refractivity contribution in [3.8, 4) is 0 Å². The molecule has 2 aliphatic heterocycles. The van der Waals surface area contributed by atoms with Crippen molar-refractivity contribution in [2.75, 3.05) is 49.6 Å². The maximum atomic E-state index is 13.3. The molecule has 1 atom stereocenters. The van der Waals surface area contributed by atoms with Gasteiger partial charge in [-0.1, -0.05) is 0 Å². The average Bonchev–Trinajstić information content (AvgIpc) is 3.56. The van der Waals surface area contributed by atoms with Gasteiger partial charge in [-0.15, -0.1) is 11.3 Å². The number of nitrogens with one attached hydrogen (secondary N) is 1. The van der Waals surface area contributed by atoms with E-state index in [0.29, 0.717) is 25.3 Å². The molecule has 3 heterocycles. The zero-order chi connectivity index (χ0) is 25.7. The number of carbonyl (C=O) groups is 1. The molecule has 2 aromatic rings. The molecule has 4 rings (SSSR count). The number of piperidine rings is 1. The summed E-state index contributed by atoms with van der Waals surface area (Å²) in [5, 5.41) is 15.5. The van der Waals surface area contributed by atoms with Crippen LogP contribution in [0.1, 0.15) is 66.0 Å². The number of amides is 1. The molecule has 2 aliphatic rings. The van der Waals surface area contributed by atoms with Crippen LogP contribution in [0.5, 0.6) is 0 Å². The molecular formula is C25H33F3N4O3S. The summed E-state index contributed by atoms with van der Waals surface area (Å²) >= 11 is 1.39. The summed E-state index contributed by atoms with van der Waals surface area (Å²) in [5.74, 6) is -0.332. The third-order valence-corrected chi connectivity index (χ3v) is 7.81. The van der Waals surface area contributed by atoms with Gasteiger partial charge < -0.3 is 20.1 Å². The summed E-state index contributed by atoms with van der Waals surface area (Å²) in [6.07, 6.45) is -0.914. The van der Waals surface area contributed by atoms with E-state index in [2.05, 4.69) is 10.3 Å². The van der Waals surface area contributed by atoms with Gasteiger partial charge in [0, 0.05) is 50.5 Å². The monoisotopic (exact) mass is 526 g/mol. The minimum atomic E-state index is -4.50. The number of aromatic nitrogens is 1. The second kappa shape index (κ2) is 11.9. The molecule has 36 heavy (non-hydrogen) atoms. The van der Waals surface area contributed by atoms with E-state index in [4.69, 9.17) is 4.74 Å². The van der Waals surface area contributed by atoms with Gasteiger partial charge in [-0.05, 0) is 50.8 Å². The molecule has 1 aromatic heterocycles. The molecule has 0 spiro atoms. The molecule has 11 heteroatoms. The summed E-state index contributed by atoms with van der Waals surface area (Å²) in [6, 6.07) is 3.50. The fraction of sp³-hybridized carbons (Fsp3) is 0.600. The average molecular weight is 527 g/mol. The number of hydrogen-bond acceptors (Lipinski definition) is 7. The maximum absolute atomic E-state index is 13.3. The van der Waals surface area contributed by atoms with Crippen LogP contribution in [-0.4, -0.2) is 66.5 Å². The van der Waals surface area contributed by atoms with Crippen molar-refractivity contribution < 1.29 is 27.8 Å². The molecule has 0 aliphatic carbocycles. The van der Waals surface area contributed by atoms with Gasteiger partial charge in [-0.3, -0.25) is 9.69 Å². The summed E-state index contributed by atoms with van der Waals surface area (Å²) in [7, 11) is 0. The predicted molar refractivity (Wildman–Crippen MR) is 134 cm³/mol. The zero-order valence-corrected chi connectivity index (χ0v) is 21.2. The molecule has 198 valence electrons. The molecule has 7 nitrogen and oxygen atoms in total. The number of aliphatic hydroxyl groups is 1. The van der Waals surface area contributed by atoms with Crippen LogP contribution in [-0.2, 0) is 10.9 Å². The van der Waals surface area contributed by atoms with Gasteiger partial charge in [0.2, 0.25) is 0 Å². The Kier molecular flexibility index (Phi) is 8.87. The first-order valence-electron chi connectivity index (χ1n) is 12.5. The van der Waals surface area contributed by atoms with Gasteiger partial charge >= 0.3 is 6.18 Å². The number of carbonyl (C=O) groups excluding carboxylic acids is 1. The van der Waals surface area contributed by atoms with Crippen molar-refractivity contribution in [2.24, 2.45) is 0 Å². The van der Waals surface area contributed by atoms with Crippen LogP contribution in [0, 0.1) is 0 Å². The van der Waals surface area contributed by atoms with E-state index in [1.807, 2.05) is 16.7 Å². The molecule has 2 fully saturated rings. The largest absolute Gasteiger partial charge is 0.416 e.